The molecule has 6 heteroatoms. The molecule has 0 aliphatic carbocycles. The van der Waals surface area contributed by atoms with Crippen LogP contribution in [-0.2, 0) is 25.7 Å². The molecule has 0 fully saturated rings. The maximum absolute atomic E-state index is 12.4. The lowest BCUT2D eigenvalue weighted by Crippen LogP contribution is -2.37. The summed E-state index contributed by atoms with van der Waals surface area (Å²) in [6.07, 6.45) is 0.492. The molecule has 0 bridgehead atoms. The molecule has 2 N–H and O–H groups in total. The van der Waals surface area contributed by atoms with Gasteiger partial charge in [0.2, 0.25) is 5.91 Å². The van der Waals surface area contributed by atoms with E-state index >= 15 is 0 Å². The predicted molar refractivity (Wildman–Crippen MR) is 107 cm³/mol. The maximum atomic E-state index is 12.4. The van der Waals surface area contributed by atoms with Crippen LogP contribution in [-0.4, -0.2) is 23.9 Å². The number of benzene rings is 2. The molecule has 0 spiro atoms. The summed E-state index contributed by atoms with van der Waals surface area (Å²) in [7, 11) is 0. The molecule has 0 radical (unpaired) electrons. The zero-order valence-corrected chi connectivity index (χ0v) is 16.2. The molecule has 0 aliphatic heterocycles. The van der Waals surface area contributed by atoms with E-state index < -0.39 is 23.9 Å². The van der Waals surface area contributed by atoms with Crippen LogP contribution in [0.2, 0.25) is 0 Å². The van der Waals surface area contributed by atoms with Gasteiger partial charge in [-0.1, -0.05) is 60.2 Å². The minimum Gasteiger partial charge on any atom is -0.448 e. The second kappa shape index (κ2) is 10.1. The summed E-state index contributed by atoms with van der Waals surface area (Å²) in [5.41, 5.74) is 2.77. The SMILES string of the molecule is CC(=O)N/C(=C\c1ccccc1)C(=O)O[C@H](C)C(=O)NCc1ccc(C)cc1. The molecule has 146 valence electrons. The van der Waals surface area contributed by atoms with Crippen molar-refractivity contribution in [3.8, 4) is 0 Å². The van der Waals surface area contributed by atoms with E-state index in [-0.39, 0.29) is 5.70 Å². The van der Waals surface area contributed by atoms with Crippen molar-refractivity contribution in [2.45, 2.75) is 33.4 Å². The van der Waals surface area contributed by atoms with Crippen LogP contribution in [0.5, 0.6) is 0 Å². The highest BCUT2D eigenvalue weighted by atomic mass is 16.5. The van der Waals surface area contributed by atoms with Crippen molar-refractivity contribution in [1.29, 1.82) is 0 Å². The van der Waals surface area contributed by atoms with Crippen molar-refractivity contribution in [1.82, 2.24) is 10.6 Å². The van der Waals surface area contributed by atoms with Gasteiger partial charge in [-0.2, -0.15) is 0 Å². The van der Waals surface area contributed by atoms with Crippen LogP contribution < -0.4 is 10.6 Å². The first kappa shape index (κ1) is 20.9. The van der Waals surface area contributed by atoms with E-state index in [0.717, 1.165) is 16.7 Å². The molecule has 0 saturated carbocycles. The van der Waals surface area contributed by atoms with Crippen LogP contribution in [0.1, 0.15) is 30.5 Å². The molecule has 2 rings (SSSR count). The Morgan fingerprint density at radius 2 is 1.68 bits per heavy atom. The van der Waals surface area contributed by atoms with E-state index in [1.54, 1.807) is 12.1 Å². The summed E-state index contributed by atoms with van der Waals surface area (Å²) in [6, 6.07) is 16.8. The highest BCUT2D eigenvalue weighted by Crippen LogP contribution is 2.08. The largest absolute Gasteiger partial charge is 0.448 e. The lowest BCUT2D eigenvalue weighted by Gasteiger charge is -2.15. The summed E-state index contributed by atoms with van der Waals surface area (Å²) in [5, 5.41) is 5.18. The van der Waals surface area contributed by atoms with Crippen molar-refractivity contribution < 1.29 is 19.1 Å². The normalized spacial score (nSPS) is 12.0. The molecule has 0 aliphatic rings. The van der Waals surface area contributed by atoms with Gasteiger partial charge in [-0.05, 0) is 31.1 Å². The van der Waals surface area contributed by atoms with Gasteiger partial charge in [0.05, 0.1) is 0 Å². The van der Waals surface area contributed by atoms with Gasteiger partial charge in [-0.3, -0.25) is 9.59 Å². The number of ether oxygens (including phenoxy) is 1. The lowest BCUT2D eigenvalue weighted by molar-refractivity contribution is -0.151. The minimum atomic E-state index is -1.01. The highest BCUT2D eigenvalue weighted by Gasteiger charge is 2.21. The predicted octanol–water partition coefficient (Wildman–Crippen LogP) is 2.72. The van der Waals surface area contributed by atoms with E-state index in [9.17, 15) is 14.4 Å². The Balaban J connectivity index is 1.98. The second-order valence-corrected chi connectivity index (χ2v) is 6.40. The molecule has 2 aromatic carbocycles. The van der Waals surface area contributed by atoms with Gasteiger partial charge in [0.25, 0.3) is 5.91 Å². The third-order valence-electron chi connectivity index (χ3n) is 3.88. The number of carbonyl (C=O) groups is 3. The monoisotopic (exact) mass is 380 g/mol. The van der Waals surface area contributed by atoms with E-state index in [0.29, 0.717) is 6.54 Å². The number of aryl methyl sites for hydroxylation is 1. The highest BCUT2D eigenvalue weighted by molar-refractivity contribution is 5.98. The molecule has 2 aromatic rings. The van der Waals surface area contributed by atoms with Gasteiger partial charge in [0.1, 0.15) is 5.70 Å². The van der Waals surface area contributed by atoms with E-state index in [1.165, 1.54) is 19.9 Å². The Bertz CT molecular complexity index is 858. The van der Waals surface area contributed by atoms with Crippen molar-refractivity contribution in [3.63, 3.8) is 0 Å². The van der Waals surface area contributed by atoms with E-state index in [1.807, 2.05) is 49.4 Å². The Morgan fingerprint density at radius 1 is 1.04 bits per heavy atom. The average molecular weight is 380 g/mol. The fourth-order valence-corrected chi connectivity index (χ4v) is 2.37. The Hall–Kier alpha value is -3.41. The number of carbonyl (C=O) groups excluding carboxylic acids is 3. The Kier molecular flexibility index (Phi) is 7.51. The topological polar surface area (TPSA) is 84.5 Å². The summed E-state index contributed by atoms with van der Waals surface area (Å²) in [5.74, 6) is -1.61. The number of amides is 2. The average Bonchev–Trinajstić information content (AvgIpc) is 2.67. The van der Waals surface area contributed by atoms with Crippen LogP contribution in [0.4, 0.5) is 0 Å². The summed E-state index contributed by atoms with van der Waals surface area (Å²) < 4.78 is 5.22. The summed E-state index contributed by atoms with van der Waals surface area (Å²) in [6.45, 7) is 5.10. The van der Waals surface area contributed by atoms with Gasteiger partial charge in [0, 0.05) is 13.5 Å². The first-order chi connectivity index (χ1) is 13.3. The maximum Gasteiger partial charge on any atom is 0.355 e. The van der Waals surface area contributed by atoms with Crippen molar-refractivity contribution in [2.75, 3.05) is 0 Å². The van der Waals surface area contributed by atoms with Gasteiger partial charge >= 0.3 is 5.97 Å². The number of hydrogen-bond acceptors (Lipinski definition) is 4. The zero-order chi connectivity index (χ0) is 20.5. The van der Waals surface area contributed by atoms with E-state index in [2.05, 4.69) is 10.6 Å². The van der Waals surface area contributed by atoms with Gasteiger partial charge < -0.3 is 15.4 Å². The first-order valence-corrected chi connectivity index (χ1v) is 8.93. The molecule has 0 saturated heterocycles. The molecule has 0 heterocycles. The third kappa shape index (κ3) is 6.72. The molecule has 28 heavy (non-hydrogen) atoms. The molecular formula is C22H24N2O4. The number of esters is 1. The standard InChI is InChI=1S/C22H24N2O4/c1-15-9-11-19(12-10-15)14-23-21(26)16(2)28-22(27)20(24-17(3)25)13-18-7-5-4-6-8-18/h4-13,16H,14H2,1-3H3,(H,23,26)(H,24,25)/b20-13-/t16-/m1/s1. The molecule has 0 aromatic heterocycles. The molecular weight excluding hydrogens is 356 g/mol. The van der Waals surface area contributed by atoms with Crippen LogP contribution in [0, 0.1) is 6.92 Å². The Labute approximate surface area is 164 Å². The quantitative estimate of drug-likeness (QED) is 0.571. The fourth-order valence-electron chi connectivity index (χ4n) is 2.37. The van der Waals surface area contributed by atoms with Crippen molar-refractivity contribution in [3.05, 3.63) is 77.0 Å². The number of rotatable bonds is 7. The van der Waals surface area contributed by atoms with Crippen LogP contribution in [0.25, 0.3) is 6.08 Å². The van der Waals surface area contributed by atoms with Crippen LogP contribution in [0.15, 0.2) is 60.3 Å². The van der Waals surface area contributed by atoms with Gasteiger partial charge in [-0.15, -0.1) is 0 Å². The van der Waals surface area contributed by atoms with Gasteiger partial charge in [0.15, 0.2) is 6.10 Å². The summed E-state index contributed by atoms with van der Waals surface area (Å²) >= 11 is 0. The third-order valence-corrected chi connectivity index (χ3v) is 3.88. The zero-order valence-electron chi connectivity index (χ0n) is 16.2. The van der Waals surface area contributed by atoms with Crippen molar-refractivity contribution >= 4 is 23.9 Å². The molecule has 1 atom stereocenters. The van der Waals surface area contributed by atoms with Crippen LogP contribution >= 0.6 is 0 Å². The smallest absolute Gasteiger partial charge is 0.355 e. The molecule has 6 nitrogen and oxygen atoms in total. The number of hydrogen-bond donors (Lipinski definition) is 2. The van der Waals surface area contributed by atoms with Crippen LogP contribution in [0.3, 0.4) is 0 Å². The second-order valence-electron chi connectivity index (χ2n) is 6.40. The summed E-state index contributed by atoms with van der Waals surface area (Å²) in [4.78, 5) is 36.1. The Morgan fingerprint density at radius 3 is 2.29 bits per heavy atom. The fraction of sp³-hybridized carbons (Fsp3) is 0.227. The first-order valence-electron chi connectivity index (χ1n) is 8.93. The number of nitrogens with one attached hydrogen (secondary N) is 2. The molecule has 0 unspecified atom stereocenters. The molecule has 2 amide bonds. The van der Waals surface area contributed by atoms with Crippen molar-refractivity contribution in [2.24, 2.45) is 0 Å². The van der Waals surface area contributed by atoms with E-state index in [4.69, 9.17) is 4.74 Å². The van der Waals surface area contributed by atoms with Gasteiger partial charge in [-0.25, -0.2) is 4.79 Å². The minimum absolute atomic E-state index is 0.0307. The lowest BCUT2D eigenvalue weighted by atomic mass is 10.1.